The van der Waals surface area contributed by atoms with Crippen LogP contribution in [0.2, 0.25) is 0 Å². The maximum Gasteiger partial charge on any atom is -0.000717 e. The topological polar surface area (TPSA) is 0 Å². The average molecular weight is 699 g/mol. The van der Waals surface area contributed by atoms with Crippen molar-refractivity contribution in [2.75, 3.05) is 0 Å². The molecular formula is C55H38. The highest BCUT2D eigenvalue weighted by molar-refractivity contribution is 6.16. The monoisotopic (exact) mass is 698 g/mol. The summed E-state index contributed by atoms with van der Waals surface area (Å²) in [7, 11) is 0. The van der Waals surface area contributed by atoms with Gasteiger partial charge in [0.05, 0.1) is 0 Å². The Kier molecular flexibility index (Phi) is 7.49. The van der Waals surface area contributed by atoms with Crippen LogP contribution in [0.1, 0.15) is 22.3 Å². The van der Waals surface area contributed by atoms with E-state index in [0.717, 1.165) is 19.3 Å². The Balaban J connectivity index is 1.13. The largest absolute Gasteiger partial charge is 0.0622 e. The second-order valence-electron chi connectivity index (χ2n) is 15.1. The molecule has 0 fully saturated rings. The molecule has 0 amide bonds. The summed E-state index contributed by atoms with van der Waals surface area (Å²) in [6.45, 7) is 0. The lowest BCUT2D eigenvalue weighted by Crippen LogP contribution is -1.96. The second-order valence-corrected chi connectivity index (χ2v) is 15.1. The molecule has 0 N–H and O–H groups in total. The molecule has 0 aromatic heterocycles. The summed E-state index contributed by atoms with van der Waals surface area (Å²) in [6, 6.07) is 72.4. The first-order valence-corrected chi connectivity index (χ1v) is 19.5. The van der Waals surface area contributed by atoms with Crippen molar-refractivity contribution in [2.24, 2.45) is 0 Å². The Hall–Kier alpha value is -6.76. The van der Waals surface area contributed by atoms with Crippen LogP contribution in [0.4, 0.5) is 0 Å². The van der Waals surface area contributed by atoms with E-state index in [1.165, 1.54) is 110 Å². The molecule has 0 nitrogen and oxygen atoms in total. The van der Waals surface area contributed by atoms with E-state index in [1.807, 2.05) is 0 Å². The molecule has 0 saturated carbocycles. The molecule has 0 radical (unpaired) electrons. The Morgan fingerprint density at radius 2 is 0.891 bits per heavy atom. The lowest BCUT2D eigenvalue weighted by atomic mass is 9.85. The van der Waals surface area contributed by atoms with E-state index in [4.69, 9.17) is 0 Å². The summed E-state index contributed by atoms with van der Waals surface area (Å²) < 4.78 is 0. The second kappa shape index (κ2) is 13.0. The highest BCUT2D eigenvalue weighted by Gasteiger charge is 2.27. The minimum atomic E-state index is 0.928. The Morgan fingerprint density at radius 1 is 0.327 bits per heavy atom. The number of rotatable bonds is 6. The maximum absolute atomic E-state index is 2.52. The first kappa shape index (κ1) is 31.7. The van der Waals surface area contributed by atoms with Crippen molar-refractivity contribution < 1.29 is 0 Å². The summed E-state index contributed by atoms with van der Waals surface area (Å²) in [5.41, 5.74) is 16.2. The van der Waals surface area contributed by atoms with Crippen molar-refractivity contribution >= 4 is 43.1 Å². The summed E-state index contributed by atoms with van der Waals surface area (Å²) in [5, 5.41) is 10.4. The standard InChI is InChI=1S/C55H38/c1-2-15-37(16-3-1)39-20-12-14-36(30-39)28-29-38-19-13-21-42-33-53-52(51-32-41-18-5-7-23-45(41)47-25-9-11-27-49(47)51)34-43(35-54(53)55(38)42)50-31-40-17-4-6-22-44(40)46-24-8-10-26-48(46)50/h1-27,30-32,34-35H,28-29,33H2. The van der Waals surface area contributed by atoms with E-state index in [2.05, 4.69) is 194 Å². The molecule has 0 saturated heterocycles. The van der Waals surface area contributed by atoms with Crippen molar-refractivity contribution in [3.05, 3.63) is 216 Å². The fourth-order valence-electron chi connectivity index (χ4n) is 9.41. The van der Waals surface area contributed by atoms with Gasteiger partial charge in [-0.05, 0) is 153 Å². The van der Waals surface area contributed by atoms with Gasteiger partial charge in [-0.3, -0.25) is 0 Å². The molecule has 258 valence electrons. The molecule has 0 spiro atoms. The molecule has 10 aromatic rings. The maximum atomic E-state index is 2.52. The van der Waals surface area contributed by atoms with Crippen molar-refractivity contribution in [3.63, 3.8) is 0 Å². The van der Waals surface area contributed by atoms with Crippen LogP contribution >= 0.6 is 0 Å². The lowest BCUT2D eigenvalue weighted by molar-refractivity contribution is 0.961. The van der Waals surface area contributed by atoms with Crippen molar-refractivity contribution in [3.8, 4) is 44.5 Å². The van der Waals surface area contributed by atoms with Gasteiger partial charge in [0.25, 0.3) is 0 Å². The van der Waals surface area contributed by atoms with Gasteiger partial charge in [0.15, 0.2) is 0 Å². The third kappa shape index (κ3) is 5.37. The molecule has 0 aliphatic heterocycles. The molecule has 1 aliphatic rings. The zero-order valence-corrected chi connectivity index (χ0v) is 30.6. The molecule has 0 heterocycles. The van der Waals surface area contributed by atoms with Crippen LogP contribution in [-0.2, 0) is 19.3 Å². The summed E-state index contributed by atoms with van der Waals surface area (Å²) in [5.74, 6) is 0. The van der Waals surface area contributed by atoms with E-state index >= 15 is 0 Å². The van der Waals surface area contributed by atoms with Gasteiger partial charge in [-0.1, -0.05) is 170 Å². The summed E-state index contributed by atoms with van der Waals surface area (Å²) in [6.07, 6.45) is 2.90. The van der Waals surface area contributed by atoms with Gasteiger partial charge < -0.3 is 0 Å². The van der Waals surface area contributed by atoms with Crippen molar-refractivity contribution in [2.45, 2.75) is 19.3 Å². The number of hydrogen-bond acceptors (Lipinski definition) is 0. The third-order valence-corrected chi connectivity index (χ3v) is 12.0. The Labute approximate surface area is 322 Å². The van der Waals surface area contributed by atoms with Crippen LogP contribution in [0.25, 0.3) is 87.6 Å². The smallest absolute Gasteiger partial charge is 0.000717 e. The van der Waals surface area contributed by atoms with Crippen LogP contribution in [0.3, 0.4) is 0 Å². The number of fused-ring (bicyclic) bond motifs is 9. The molecule has 10 aromatic carbocycles. The van der Waals surface area contributed by atoms with E-state index in [9.17, 15) is 0 Å². The molecule has 11 rings (SSSR count). The van der Waals surface area contributed by atoms with E-state index in [1.54, 1.807) is 0 Å². The molecule has 0 bridgehead atoms. The quantitative estimate of drug-likeness (QED) is 0.152. The van der Waals surface area contributed by atoms with E-state index in [-0.39, 0.29) is 0 Å². The lowest BCUT2D eigenvalue weighted by Gasteiger charge is -2.18. The average Bonchev–Trinajstić information content (AvgIpc) is 3.64. The zero-order valence-electron chi connectivity index (χ0n) is 30.6. The predicted octanol–water partition coefficient (Wildman–Crippen LogP) is 14.7. The van der Waals surface area contributed by atoms with Gasteiger partial charge in [-0.25, -0.2) is 0 Å². The van der Waals surface area contributed by atoms with Crippen LogP contribution in [0, 0.1) is 0 Å². The fraction of sp³-hybridized carbons (Fsp3) is 0.0545. The number of hydrogen-bond donors (Lipinski definition) is 0. The van der Waals surface area contributed by atoms with Crippen LogP contribution < -0.4 is 0 Å². The first-order valence-electron chi connectivity index (χ1n) is 19.5. The van der Waals surface area contributed by atoms with Gasteiger partial charge in [0.2, 0.25) is 0 Å². The summed E-state index contributed by atoms with van der Waals surface area (Å²) in [4.78, 5) is 0. The molecule has 0 heteroatoms. The Bertz CT molecular complexity index is 3110. The van der Waals surface area contributed by atoms with Gasteiger partial charge in [-0.15, -0.1) is 0 Å². The first-order chi connectivity index (χ1) is 27.3. The van der Waals surface area contributed by atoms with Crippen molar-refractivity contribution in [1.29, 1.82) is 0 Å². The van der Waals surface area contributed by atoms with E-state index in [0.29, 0.717) is 0 Å². The van der Waals surface area contributed by atoms with Crippen LogP contribution in [-0.4, -0.2) is 0 Å². The Morgan fingerprint density at radius 3 is 1.62 bits per heavy atom. The van der Waals surface area contributed by atoms with E-state index < -0.39 is 0 Å². The fourth-order valence-corrected chi connectivity index (χ4v) is 9.41. The third-order valence-electron chi connectivity index (χ3n) is 12.0. The van der Waals surface area contributed by atoms with Crippen molar-refractivity contribution in [1.82, 2.24) is 0 Å². The predicted molar refractivity (Wildman–Crippen MR) is 235 cm³/mol. The van der Waals surface area contributed by atoms with Gasteiger partial charge >= 0.3 is 0 Å². The van der Waals surface area contributed by atoms with Crippen LogP contribution in [0.15, 0.2) is 194 Å². The van der Waals surface area contributed by atoms with Gasteiger partial charge in [0.1, 0.15) is 0 Å². The minimum absolute atomic E-state index is 0.928. The number of benzene rings is 10. The van der Waals surface area contributed by atoms with Gasteiger partial charge in [0, 0.05) is 0 Å². The zero-order chi connectivity index (χ0) is 36.3. The normalized spacial score (nSPS) is 12.1. The highest BCUT2D eigenvalue weighted by atomic mass is 14.3. The molecule has 1 aliphatic carbocycles. The molecule has 0 atom stereocenters. The van der Waals surface area contributed by atoms with Gasteiger partial charge in [-0.2, -0.15) is 0 Å². The number of aryl methyl sites for hydroxylation is 2. The minimum Gasteiger partial charge on any atom is -0.0622 e. The molecular weight excluding hydrogens is 661 g/mol. The van der Waals surface area contributed by atoms with Crippen LogP contribution in [0.5, 0.6) is 0 Å². The molecule has 0 unspecified atom stereocenters. The molecule has 55 heavy (non-hydrogen) atoms. The highest BCUT2D eigenvalue weighted by Crippen LogP contribution is 2.49. The SMILES string of the molecule is c1ccc(-c2cccc(CCc3cccc4c3-c3cc(-c5cc6ccccc6c6ccccc56)cc(-c5cc6ccccc6c6ccccc56)c3C4)c2)cc1. The summed E-state index contributed by atoms with van der Waals surface area (Å²) >= 11 is 0.